The van der Waals surface area contributed by atoms with E-state index in [2.05, 4.69) is 17.6 Å². The van der Waals surface area contributed by atoms with Crippen LogP contribution in [0, 0.1) is 0 Å². The lowest BCUT2D eigenvalue weighted by Gasteiger charge is -1.90. The third kappa shape index (κ3) is 2.69. The summed E-state index contributed by atoms with van der Waals surface area (Å²) in [6, 6.07) is 0. The summed E-state index contributed by atoms with van der Waals surface area (Å²) >= 11 is 4.01. The number of aliphatic imine (C=N–C) groups is 1. The summed E-state index contributed by atoms with van der Waals surface area (Å²) in [5.74, 6) is 0. The minimum Gasteiger partial charge on any atom is -0.401 e. The predicted molar refractivity (Wildman–Crippen MR) is 40.3 cm³/mol. The van der Waals surface area contributed by atoms with E-state index in [-0.39, 0.29) is 0 Å². The standard InChI is InChI=1S/C5H10N2S/c1-4(6)5(8)3-7-2/h3,8H,6H2,1-2H3. The van der Waals surface area contributed by atoms with Crippen LogP contribution < -0.4 is 5.73 Å². The second-order valence-electron chi connectivity index (χ2n) is 1.46. The third-order valence-corrected chi connectivity index (χ3v) is 1.12. The van der Waals surface area contributed by atoms with Crippen molar-refractivity contribution < 1.29 is 0 Å². The maximum atomic E-state index is 5.33. The minimum absolute atomic E-state index is 0.693. The Labute approximate surface area is 54.9 Å². The molecule has 0 amide bonds. The van der Waals surface area contributed by atoms with Crippen LogP contribution >= 0.6 is 12.6 Å². The number of allylic oxidation sites excluding steroid dienone is 2. The Morgan fingerprint density at radius 1 is 1.75 bits per heavy atom. The van der Waals surface area contributed by atoms with Gasteiger partial charge in [0, 0.05) is 23.9 Å². The van der Waals surface area contributed by atoms with Crippen LogP contribution in [0.15, 0.2) is 15.6 Å². The number of nitrogens with zero attached hydrogens (tertiary/aromatic N) is 1. The zero-order valence-electron chi connectivity index (χ0n) is 5.05. The van der Waals surface area contributed by atoms with Crippen LogP contribution in [0.25, 0.3) is 0 Å². The summed E-state index contributed by atoms with van der Waals surface area (Å²) < 4.78 is 0. The number of thiol groups is 1. The van der Waals surface area contributed by atoms with E-state index < -0.39 is 0 Å². The quantitative estimate of drug-likeness (QED) is 0.400. The minimum atomic E-state index is 0.693. The van der Waals surface area contributed by atoms with Crippen molar-refractivity contribution >= 4 is 18.8 Å². The van der Waals surface area contributed by atoms with Gasteiger partial charge in [-0.25, -0.2) is 0 Å². The second-order valence-corrected chi connectivity index (χ2v) is 1.94. The van der Waals surface area contributed by atoms with Gasteiger partial charge in [-0.1, -0.05) is 0 Å². The van der Waals surface area contributed by atoms with Crippen LogP contribution in [0.4, 0.5) is 0 Å². The first-order chi connectivity index (χ1) is 3.68. The van der Waals surface area contributed by atoms with Crippen molar-refractivity contribution in [2.45, 2.75) is 6.92 Å². The van der Waals surface area contributed by atoms with Crippen LogP contribution in [-0.4, -0.2) is 13.3 Å². The van der Waals surface area contributed by atoms with E-state index in [0.29, 0.717) is 5.70 Å². The van der Waals surface area contributed by atoms with E-state index in [9.17, 15) is 0 Å². The smallest absolute Gasteiger partial charge is 0.0404 e. The van der Waals surface area contributed by atoms with Gasteiger partial charge in [0.25, 0.3) is 0 Å². The van der Waals surface area contributed by atoms with Crippen LogP contribution in [0.5, 0.6) is 0 Å². The molecule has 0 saturated carbocycles. The van der Waals surface area contributed by atoms with Crippen molar-refractivity contribution in [3.8, 4) is 0 Å². The molecule has 0 aliphatic rings. The fraction of sp³-hybridized carbons (Fsp3) is 0.400. The summed E-state index contributed by atoms with van der Waals surface area (Å²) in [5.41, 5.74) is 6.03. The molecule has 2 N–H and O–H groups in total. The van der Waals surface area contributed by atoms with Crippen molar-refractivity contribution in [1.29, 1.82) is 0 Å². The van der Waals surface area contributed by atoms with E-state index in [1.165, 1.54) is 0 Å². The fourth-order valence-corrected chi connectivity index (χ4v) is 0.340. The number of rotatable bonds is 1. The molecule has 2 nitrogen and oxygen atoms in total. The van der Waals surface area contributed by atoms with E-state index in [4.69, 9.17) is 5.73 Å². The lowest BCUT2D eigenvalue weighted by atomic mass is 10.5. The van der Waals surface area contributed by atoms with Crippen molar-refractivity contribution in [3.63, 3.8) is 0 Å². The molecule has 0 aromatic heterocycles. The normalized spacial score (nSPS) is 14.4. The van der Waals surface area contributed by atoms with Gasteiger partial charge in [-0.05, 0) is 6.92 Å². The highest BCUT2D eigenvalue weighted by Gasteiger charge is 1.83. The van der Waals surface area contributed by atoms with Gasteiger partial charge in [0.2, 0.25) is 0 Å². The molecule has 8 heavy (non-hydrogen) atoms. The number of nitrogens with two attached hydrogens (primary N) is 1. The molecule has 0 radical (unpaired) electrons. The molecular formula is C5H10N2S. The molecule has 46 valence electrons. The Kier molecular flexibility index (Phi) is 3.35. The number of hydrogen-bond donors (Lipinski definition) is 2. The molecule has 0 fully saturated rings. The van der Waals surface area contributed by atoms with Gasteiger partial charge in [0.05, 0.1) is 0 Å². The molecule has 0 aromatic carbocycles. The molecule has 0 atom stereocenters. The lowest BCUT2D eigenvalue weighted by Crippen LogP contribution is -1.94. The molecule has 0 unspecified atom stereocenters. The molecular weight excluding hydrogens is 120 g/mol. The molecule has 0 aliphatic carbocycles. The van der Waals surface area contributed by atoms with Crippen LogP contribution in [-0.2, 0) is 0 Å². The van der Waals surface area contributed by atoms with Gasteiger partial charge in [0.15, 0.2) is 0 Å². The monoisotopic (exact) mass is 130 g/mol. The molecule has 0 aliphatic heterocycles. The van der Waals surface area contributed by atoms with Crippen molar-refractivity contribution in [2.75, 3.05) is 7.05 Å². The summed E-state index contributed by atoms with van der Waals surface area (Å²) in [6.45, 7) is 1.78. The molecule has 0 aromatic rings. The summed E-state index contributed by atoms with van der Waals surface area (Å²) in [5, 5.41) is 0. The first-order valence-corrected chi connectivity index (χ1v) is 2.70. The molecule has 3 heteroatoms. The molecule has 0 spiro atoms. The van der Waals surface area contributed by atoms with E-state index in [1.54, 1.807) is 20.2 Å². The van der Waals surface area contributed by atoms with E-state index in [1.807, 2.05) is 0 Å². The van der Waals surface area contributed by atoms with Crippen molar-refractivity contribution in [3.05, 3.63) is 10.6 Å². The van der Waals surface area contributed by atoms with Gasteiger partial charge in [-0.3, -0.25) is 4.99 Å². The molecule has 0 bridgehead atoms. The lowest BCUT2D eigenvalue weighted by molar-refractivity contribution is 1.31. The maximum absolute atomic E-state index is 5.33. The second kappa shape index (κ2) is 3.55. The highest BCUT2D eigenvalue weighted by molar-refractivity contribution is 7.85. The summed E-state index contributed by atoms with van der Waals surface area (Å²) in [7, 11) is 1.68. The third-order valence-electron chi connectivity index (χ3n) is 0.655. The Morgan fingerprint density at radius 2 is 2.25 bits per heavy atom. The first kappa shape index (κ1) is 7.56. The Balaban J connectivity index is 4.00. The summed E-state index contributed by atoms with van der Waals surface area (Å²) in [6.07, 6.45) is 1.61. The topological polar surface area (TPSA) is 38.4 Å². The predicted octanol–water partition coefficient (Wildman–Crippen LogP) is 0.807. The van der Waals surface area contributed by atoms with E-state index in [0.717, 1.165) is 4.91 Å². The highest BCUT2D eigenvalue weighted by atomic mass is 32.1. The zero-order valence-corrected chi connectivity index (χ0v) is 5.94. The van der Waals surface area contributed by atoms with Crippen LogP contribution in [0.2, 0.25) is 0 Å². The van der Waals surface area contributed by atoms with Gasteiger partial charge >= 0.3 is 0 Å². The average Bonchev–Trinajstić information content (AvgIpc) is 1.67. The van der Waals surface area contributed by atoms with Gasteiger partial charge < -0.3 is 5.73 Å². The van der Waals surface area contributed by atoms with Crippen LogP contribution in [0.3, 0.4) is 0 Å². The molecule has 0 heterocycles. The number of hydrogen-bond acceptors (Lipinski definition) is 3. The van der Waals surface area contributed by atoms with Crippen LogP contribution in [0.1, 0.15) is 6.92 Å². The van der Waals surface area contributed by atoms with Gasteiger partial charge in [0.1, 0.15) is 0 Å². The Hall–Kier alpha value is -0.440. The van der Waals surface area contributed by atoms with Gasteiger partial charge in [-0.2, -0.15) is 0 Å². The molecule has 0 saturated heterocycles. The van der Waals surface area contributed by atoms with Crippen molar-refractivity contribution in [2.24, 2.45) is 10.7 Å². The fourth-order valence-electron chi connectivity index (χ4n) is 0.224. The average molecular weight is 130 g/mol. The zero-order chi connectivity index (χ0) is 6.57. The first-order valence-electron chi connectivity index (χ1n) is 2.26. The Morgan fingerprint density at radius 3 is 2.38 bits per heavy atom. The van der Waals surface area contributed by atoms with E-state index >= 15 is 0 Å². The van der Waals surface area contributed by atoms with Gasteiger partial charge in [-0.15, -0.1) is 12.6 Å². The van der Waals surface area contributed by atoms with Crippen molar-refractivity contribution in [1.82, 2.24) is 0 Å². The SMILES string of the molecule is CN=CC(S)=C(C)N. The largest absolute Gasteiger partial charge is 0.401 e. The Bertz CT molecular complexity index is 122. The highest BCUT2D eigenvalue weighted by Crippen LogP contribution is 1.98. The summed E-state index contributed by atoms with van der Waals surface area (Å²) in [4.78, 5) is 4.45. The maximum Gasteiger partial charge on any atom is 0.0404 e. The molecule has 0 rings (SSSR count).